The molecule has 0 amide bonds. The van der Waals surface area contributed by atoms with Crippen LogP contribution in [0.5, 0.6) is 0 Å². The number of aliphatic hydroxyl groups is 2. The molecule has 1 saturated heterocycles. The average molecular weight is 1000 g/mol. The first-order valence-corrected chi connectivity index (χ1v) is 28.6. The van der Waals surface area contributed by atoms with Crippen molar-refractivity contribution in [3.63, 3.8) is 0 Å². The van der Waals surface area contributed by atoms with E-state index in [2.05, 4.69) is 69.4 Å². The number of carbonyl (C=O) groups is 4. The largest absolute Gasteiger partial charge is 0.479 e. The molecule has 0 radical (unpaired) electrons. The molecule has 0 aromatic carbocycles. The first-order valence-electron chi connectivity index (χ1n) is 28.6. The molecule has 1 heterocycles. The van der Waals surface area contributed by atoms with E-state index < -0.39 is 67.3 Å². The van der Waals surface area contributed by atoms with Gasteiger partial charge in [-0.2, -0.15) is 0 Å². The number of hydrogen-bond acceptors (Lipinski definition) is 11. The van der Waals surface area contributed by atoms with Crippen LogP contribution in [0.15, 0.2) is 48.6 Å². The van der Waals surface area contributed by atoms with Crippen LogP contribution in [0.3, 0.4) is 0 Å². The van der Waals surface area contributed by atoms with E-state index in [-0.39, 0.29) is 25.9 Å². The van der Waals surface area contributed by atoms with Gasteiger partial charge in [0, 0.05) is 19.3 Å². The summed E-state index contributed by atoms with van der Waals surface area (Å²) in [5.41, 5.74) is 0. The van der Waals surface area contributed by atoms with E-state index in [1.165, 1.54) is 64.2 Å². The fraction of sp³-hybridized carbons (Fsp3) is 0.797. The van der Waals surface area contributed by atoms with Gasteiger partial charge in [-0.3, -0.25) is 14.4 Å². The van der Waals surface area contributed by atoms with E-state index in [0.717, 1.165) is 128 Å². The van der Waals surface area contributed by atoms with E-state index in [9.17, 15) is 34.5 Å². The van der Waals surface area contributed by atoms with E-state index in [0.29, 0.717) is 19.3 Å². The van der Waals surface area contributed by atoms with Gasteiger partial charge in [0.25, 0.3) is 0 Å². The van der Waals surface area contributed by atoms with Crippen LogP contribution in [0, 0.1) is 0 Å². The van der Waals surface area contributed by atoms with Crippen LogP contribution in [0.4, 0.5) is 0 Å². The van der Waals surface area contributed by atoms with Gasteiger partial charge in [-0.25, -0.2) is 4.79 Å². The molecule has 1 aliphatic heterocycles. The van der Waals surface area contributed by atoms with Crippen LogP contribution in [0.25, 0.3) is 0 Å². The molecule has 12 heteroatoms. The zero-order chi connectivity index (χ0) is 51.8. The molecule has 12 nitrogen and oxygen atoms in total. The highest BCUT2D eigenvalue weighted by Gasteiger charge is 2.50. The van der Waals surface area contributed by atoms with Gasteiger partial charge >= 0.3 is 23.9 Å². The maximum atomic E-state index is 13.1. The molecular weight excluding hydrogens is 901 g/mol. The van der Waals surface area contributed by atoms with Crippen molar-refractivity contribution in [3.05, 3.63) is 48.6 Å². The molecule has 0 aromatic heterocycles. The molecule has 6 atom stereocenters. The quantitative estimate of drug-likeness (QED) is 0.0228. The van der Waals surface area contributed by atoms with Crippen molar-refractivity contribution >= 4 is 23.9 Å². The molecule has 3 N–H and O–H groups in total. The summed E-state index contributed by atoms with van der Waals surface area (Å²) in [6.07, 6.45) is 43.7. The zero-order valence-corrected chi connectivity index (χ0v) is 45.0. The first kappa shape index (κ1) is 65.7. The normalized spacial score (nSPS) is 18.8. The molecular formula is C59H102O12. The topological polar surface area (TPSA) is 175 Å². The molecule has 1 rings (SSSR count). The summed E-state index contributed by atoms with van der Waals surface area (Å²) in [5, 5.41) is 31.4. The fourth-order valence-corrected chi connectivity index (χ4v) is 8.39. The second kappa shape index (κ2) is 47.7. The van der Waals surface area contributed by atoms with Crippen LogP contribution < -0.4 is 0 Å². The van der Waals surface area contributed by atoms with Gasteiger partial charge in [0.05, 0.1) is 6.61 Å². The lowest BCUT2D eigenvalue weighted by Crippen LogP contribution is -2.61. The van der Waals surface area contributed by atoms with Gasteiger partial charge in [-0.05, 0) is 96.3 Å². The van der Waals surface area contributed by atoms with Crippen LogP contribution in [-0.4, -0.2) is 89.2 Å². The molecule has 71 heavy (non-hydrogen) atoms. The summed E-state index contributed by atoms with van der Waals surface area (Å²) in [4.78, 5) is 51.0. The minimum absolute atomic E-state index is 0.0432. The van der Waals surface area contributed by atoms with Crippen LogP contribution >= 0.6 is 0 Å². The number of aliphatic hydroxyl groups excluding tert-OH is 2. The number of allylic oxidation sites excluding steroid dienone is 8. The summed E-state index contributed by atoms with van der Waals surface area (Å²) in [5.74, 6) is -3.15. The minimum Gasteiger partial charge on any atom is -0.479 e. The van der Waals surface area contributed by atoms with Gasteiger partial charge in [0.1, 0.15) is 18.8 Å². The summed E-state index contributed by atoms with van der Waals surface area (Å²) in [6.45, 7) is 5.88. The van der Waals surface area contributed by atoms with Crippen molar-refractivity contribution in [2.75, 3.05) is 13.2 Å². The van der Waals surface area contributed by atoms with Gasteiger partial charge in [-0.1, -0.05) is 185 Å². The molecule has 0 spiro atoms. The number of ether oxygens (including phenoxy) is 5. The van der Waals surface area contributed by atoms with Crippen molar-refractivity contribution in [2.24, 2.45) is 0 Å². The Kier molecular flexibility index (Phi) is 44.1. The van der Waals surface area contributed by atoms with E-state index in [4.69, 9.17) is 23.7 Å². The average Bonchev–Trinajstić information content (AvgIpc) is 3.35. The number of esters is 3. The van der Waals surface area contributed by atoms with E-state index in [1.807, 2.05) is 0 Å². The lowest BCUT2D eigenvalue weighted by Gasteiger charge is -2.40. The smallest absolute Gasteiger partial charge is 0.335 e. The Labute approximate surface area is 431 Å². The van der Waals surface area contributed by atoms with E-state index in [1.54, 1.807) is 0 Å². The number of rotatable bonds is 48. The predicted molar refractivity (Wildman–Crippen MR) is 285 cm³/mol. The van der Waals surface area contributed by atoms with Crippen LogP contribution in [-0.2, 0) is 42.9 Å². The third kappa shape index (κ3) is 38.0. The number of carbonyl (C=O) groups excluding carboxylic acids is 3. The van der Waals surface area contributed by atoms with Crippen molar-refractivity contribution in [1.29, 1.82) is 0 Å². The highest BCUT2D eigenvalue weighted by molar-refractivity contribution is 5.74. The Hall–Kier alpha value is -3.32. The highest BCUT2D eigenvalue weighted by atomic mass is 16.7. The Balaban J connectivity index is 2.72. The Morgan fingerprint density at radius 1 is 0.465 bits per heavy atom. The zero-order valence-electron chi connectivity index (χ0n) is 45.0. The number of aliphatic carboxylic acids is 1. The first-order chi connectivity index (χ1) is 34.6. The van der Waals surface area contributed by atoms with Crippen LogP contribution in [0.2, 0.25) is 0 Å². The Morgan fingerprint density at radius 2 is 0.873 bits per heavy atom. The lowest BCUT2D eigenvalue weighted by atomic mass is 9.98. The molecule has 6 unspecified atom stereocenters. The molecule has 410 valence electrons. The van der Waals surface area contributed by atoms with Crippen LogP contribution in [0.1, 0.15) is 252 Å². The maximum absolute atomic E-state index is 13.1. The molecule has 0 aliphatic carbocycles. The third-order valence-electron chi connectivity index (χ3n) is 12.8. The highest BCUT2D eigenvalue weighted by Crippen LogP contribution is 2.26. The minimum atomic E-state index is -1.91. The van der Waals surface area contributed by atoms with Gasteiger partial charge in [-0.15, -0.1) is 0 Å². The second-order valence-corrected chi connectivity index (χ2v) is 19.6. The SMILES string of the molecule is CCC/C=C\C/C=C\CCCCCCCC(=O)OC1C(OCC(COC(=O)CCCCCCC/C=C\CCCCCCCC)OC(=O)CCCCCCC/C=C\CCCCCC)OC(C(=O)O)C(O)C1O. The number of hydrogen-bond donors (Lipinski definition) is 3. The molecule has 1 aliphatic rings. The third-order valence-corrected chi connectivity index (χ3v) is 12.8. The van der Waals surface area contributed by atoms with Gasteiger partial charge < -0.3 is 39.0 Å². The van der Waals surface area contributed by atoms with Crippen molar-refractivity contribution in [3.8, 4) is 0 Å². The summed E-state index contributed by atoms with van der Waals surface area (Å²) < 4.78 is 28.4. The molecule has 0 bridgehead atoms. The fourth-order valence-electron chi connectivity index (χ4n) is 8.39. The summed E-state index contributed by atoms with van der Waals surface area (Å²) in [7, 11) is 0. The van der Waals surface area contributed by atoms with Gasteiger partial charge in [0.2, 0.25) is 0 Å². The summed E-state index contributed by atoms with van der Waals surface area (Å²) in [6, 6.07) is 0. The molecule has 0 aromatic rings. The van der Waals surface area contributed by atoms with Crippen molar-refractivity contribution in [2.45, 2.75) is 289 Å². The Bertz CT molecular complexity index is 1420. The standard InChI is InChI=1S/C59H102O12/c1-4-7-10-13-16-19-22-25-26-29-30-33-36-39-42-45-51(60)67-48-50(69-52(61)46-43-40-37-34-31-27-23-20-17-14-11-8-5-2)49-68-59-57(55(64)54(63)56(71-59)58(65)66)70-53(62)47-44-41-38-35-32-28-24-21-18-15-12-9-6-3/h12,15,20-21,23-26,50,54-57,59,63-64H,4-11,13-14,16-19,22,27-49H2,1-3H3,(H,65,66)/b15-12-,23-20-,24-21-,26-25-. The van der Waals surface area contributed by atoms with Gasteiger partial charge in [0.15, 0.2) is 24.6 Å². The monoisotopic (exact) mass is 1000 g/mol. The predicted octanol–water partition coefficient (Wildman–Crippen LogP) is 14.2. The maximum Gasteiger partial charge on any atom is 0.335 e. The summed E-state index contributed by atoms with van der Waals surface area (Å²) >= 11 is 0. The molecule has 1 fully saturated rings. The van der Waals surface area contributed by atoms with Crippen molar-refractivity contribution in [1.82, 2.24) is 0 Å². The number of unbranched alkanes of at least 4 members (excludes halogenated alkanes) is 26. The lowest BCUT2D eigenvalue weighted by molar-refractivity contribution is -0.301. The number of carboxylic acid groups (broad SMARTS) is 1. The second-order valence-electron chi connectivity index (χ2n) is 19.6. The van der Waals surface area contributed by atoms with Crippen molar-refractivity contribution < 1.29 is 58.2 Å². The number of carboxylic acids is 1. The van der Waals surface area contributed by atoms with E-state index >= 15 is 0 Å². The molecule has 0 saturated carbocycles. The Morgan fingerprint density at radius 3 is 1.35 bits per heavy atom.